The fourth-order valence-electron chi connectivity index (χ4n) is 1.98. The Morgan fingerprint density at radius 2 is 2.00 bits per heavy atom. The van der Waals surface area contributed by atoms with E-state index in [2.05, 4.69) is 25.9 Å². The Bertz CT molecular complexity index is 812. The summed E-state index contributed by atoms with van der Waals surface area (Å²) in [6.07, 6.45) is 0.193. The molecule has 0 saturated heterocycles. The number of aromatic nitrogens is 2. The van der Waals surface area contributed by atoms with Crippen molar-refractivity contribution in [3.63, 3.8) is 0 Å². The van der Waals surface area contributed by atoms with E-state index in [1.165, 1.54) is 25.3 Å². The first-order valence-electron chi connectivity index (χ1n) is 7.61. The van der Waals surface area contributed by atoms with Crippen molar-refractivity contribution in [2.75, 3.05) is 12.0 Å². The predicted octanol–water partition coefficient (Wildman–Crippen LogP) is 4.47. The van der Waals surface area contributed by atoms with Gasteiger partial charge in [0.2, 0.25) is 11.8 Å². The van der Waals surface area contributed by atoms with E-state index in [4.69, 9.17) is 9.47 Å². The Balaban J connectivity index is 2.43. The number of carbonyl (C=O) groups excluding carboxylic acids is 1. The second-order valence-electron chi connectivity index (χ2n) is 6.33. The van der Waals surface area contributed by atoms with E-state index in [0.29, 0.717) is 0 Å². The molecule has 0 saturated carbocycles. The van der Waals surface area contributed by atoms with Gasteiger partial charge in [-0.2, -0.15) is 4.39 Å². The Labute approximate surface area is 158 Å². The van der Waals surface area contributed by atoms with Crippen LogP contribution in [-0.4, -0.2) is 28.8 Å². The first-order chi connectivity index (χ1) is 12.1. The summed E-state index contributed by atoms with van der Waals surface area (Å²) < 4.78 is 38.4. The van der Waals surface area contributed by atoms with Gasteiger partial charge in [-0.05, 0) is 48.8 Å². The van der Waals surface area contributed by atoms with Crippen LogP contribution in [0.3, 0.4) is 0 Å². The highest BCUT2D eigenvalue weighted by Gasteiger charge is 2.26. The number of hydrogen-bond donors (Lipinski definition) is 0. The number of carbonyl (C=O) groups is 1. The summed E-state index contributed by atoms with van der Waals surface area (Å²) in [7, 11) is 1.39. The van der Waals surface area contributed by atoms with Gasteiger partial charge in [0, 0.05) is 11.6 Å². The van der Waals surface area contributed by atoms with E-state index >= 15 is 0 Å². The number of halogens is 3. The van der Waals surface area contributed by atoms with E-state index in [0.717, 1.165) is 11.1 Å². The third-order valence-corrected chi connectivity index (χ3v) is 3.72. The largest absolute Gasteiger partial charge is 0.481 e. The number of ether oxygens (including phenoxy) is 2. The third kappa shape index (κ3) is 5.10. The lowest BCUT2D eigenvalue weighted by Crippen LogP contribution is -2.37. The quantitative estimate of drug-likeness (QED) is 0.670. The SMILES string of the molecule is COc1cc(CN(C(=O)OC(C)(C)C)c2ccc(Br)c(F)n2)c(F)cn1. The van der Waals surface area contributed by atoms with Crippen molar-refractivity contribution >= 4 is 27.8 Å². The number of rotatable bonds is 4. The molecular weight excluding hydrogens is 412 g/mol. The van der Waals surface area contributed by atoms with Crippen molar-refractivity contribution in [2.45, 2.75) is 32.9 Å². The van der Waals surface area contributed by atoms with Crippen LogP contribution >= 0.6 is 15.9 Å². The van der Waals surface area contributed by atoms with Crippen molar-refractivity contribution in [2.24, 2.45) is 0 Å². The van der Waals surface area contributed by atoms with Gasteiger partial charge in [-0.25, -0.2) is 19.2 Å². The molecule has 0 radical (unpaired) electrons. The monoisotopic (exact) mass is 429 g/mol. The predicted molar refractivity (Wildman–Crippen MR) is 95.1 cm³/mol. The van der Waals surface area contributed by atoms with Crippen LogP contribution in [0.1, 0.15) is 26.3 Å². The summed E-state index contributed by atoms with van der Waals surface area (Å²) in [5.41, 5.74) is -0.676. The second-order valence-corrected chi connectivity index (χ2v) is 7.18. The molecule has 9 heteroatoms. The molecule has 1 amide bonds. The zero-order chi connectivity index (χ0) is 19.5. The molecule has 0 spiro atoms. The molecule has 26 heavy (non-hydrogen) atoms. The first-order valence-corrected chi connectivity index (χ1v) is 8.41. The number of pyridine rings is 2. The van der Waals surface area contributed by atoms with E-state index < -0.39 is 23.5 Å². The van der Waals surface area contributed by atoms with Gasteiger partial charge in [-0.1, -0.05) is 0 Å². The molecule has 0 bridgehead atoms. The second kappa shape index (κ2) is 7.94. The maximum Gasteiger partial charge on any atom is 0.416 e. The van der Waals surface area contributed by atoms with Crippen LogP contribution in [0, 0.1) is 11.8 Å². The normalized spacial score (nSPS) is 11.2. The molecule has 2 aromatic heterocycles. The van der Waals surface area contributed by atoms with Crippen LogP contribution in [0.5, 0.6) is 5.88 Å². The number of methoxy groups -OCH3 is 1. The van der Waals surface area contributed by atoms with Crippen molar-refractivity contribution in [1.82, 2.24) is 9.97 Å². The van der Waals surface area contributed by atoms with Crippen LogP contribution in [0.2, 0.25) is 0 Å². The molecule has 140 valence electrons. The number of anilines is 1. The van der Waals surface area contributed by atoms with E-state index in [1.807, 2.05) is 0 Å². The molecular formula is C17H18BrF2N3O3. The van der Waals surface area contributed by atoms with Crippen LogP contribution < -0.4 is 9.64 Å². The zero-order valence-electron chi connectivity index (χ0n) is 14.7. The average Bonchev–Trinajstić information content (AvgIpc) is 2.55. The Morgan fingerprint density at radius 3 is 2.58 bits per heavy atom. The zero-order valence-corrected chi connectivity index (χ0v) is 16.3. The van der Waals surface area contributed by atoms with Crippen LogP contribution in [0.25, 0.3) is 0 Å². The summed E-state index contributed by atoms with van der Waals surface area (Å²) in [6.45, 7) is 4.83. The molecule has 2 aromatic rings. The lowest BCUT2D eigenvalue weighted by Gasteiger charge is -2.27. The minimum absolute atomic E-state index is 0.0184. The van der Waals surface area contributed by atoms with Crippen molar-refractivity contribution in [3.8, 4) is 5.88 Å². The van der Waals surface area contributed by atoms with Crippen LogP contribution in [0.4, 0.5) is 19.4 Å². The molecule has 2 heterocycles. The smallest absolute Gasteiger partial charge is 0.416 e. The highest BCUT2D eigenvalue weighted by molar-refractivity contribution is 9.10. The maximum atomic E-state index is 14.1. The molecule has 0 aliphatic heterocycles. The standard InChI is InChI=1S/C17H18BrF2N3O3/c1-17(2,3)26-16(24)23(13-6-5-11(18)15(20)22-13)9-10-7-14(25-4)21-8-12(10)19/h5-8H,9H2,1-4H3. The number of amides is 1. The molecule has 6 nitrogen and oxygen atoms in total. The minimum Gasteiger partial charge on any atom is -0.481 e. The van der Waals surface area contributed by atoms with Gasteiger partial charge in [0.1, 0.15) is 17.2 Å². The lowest BCUT2D eigenvalue weighted by molar-refractivity contribution is 0.0576. The fourth-order valence-corrected chi connectivity index (χ4v) is 2.20. The molecule has 0 aliphatic carbocycles. The van der Waals surface area contributed by atoms with E-state index in [9.17, 15) is 13.6 Å². The van der Waals surface area contributed by atoms with Gasteiger partial charge in [0.15, 0.2) is 0 Å². The number of nitrogens with zero attached hydrogens (tertiary/aromatic N) is 3. The molecule has 0 N–H and O–H groups in total. The summed E-state index contributed by atoms with van der Waals surface area (Å²) in [5, 5.41) is 0. The highest BCUT2D eigenvalue weighted by atomic mass is 79.9. The molecule has 0 unspecified atom stereocenters. The Morgan fingerprint density at radius 1 is 1.31 bits per heavy atom. The molecule has 2 rings (SSSR count). The topological polar surface area (TPSA) is 64.5 Å². The van der Waals surface area contributed by atoms with Gasteiger partial charge in [0.25, 0.3) is 0 Å². The minimum atomic E-state index is -0.802. The van der Waals surface area contributed by atoms with Crippen LogP contribution in [0.15, 0.2) is 28.9 Å². The third-order valence-electron chi connectivity index (χ3n) is 3.13. The van der Waals surface area contributed by atoms with Gasteiger partial charge >= 0.3 is 6.09 Å². The van der Waals surface area contributed by atoms with E-state index in [1.54, 1.807) is 20.8 Å². The van der Waals surface area contributed by atoms with E-state index in [-0.39, 0.29) is 28.3 Å². The summed E-state index contributed by atoms with van der Waals surface area (Å²) in [5.74, 6) is -1.28. The molecule has 0 atom stereocenters. The summed E-state index contributed by atoms with van der Waals surface area (Å²) >= 11 is 3.00. The van der Waals surface area contributed by atoms with Crippen molar-refractivity contribution < 1.29 is 23.0 Å². The van der Waals surface area contributed by atoms with Crippen molar-refractivity contribution in [3.05, 3.63) is 46.2 Å². The average molecular weight is 430 g/mol. The lowest BCUT2D eigenvalue weighted by atomic mass is 10.2. The van der Waals surface area contributed by atoms with Gasteiger partial charge in [-0.3, -0.25) is 4.90 Å². The summed E-state index contributed by atoms with van der Waals surface area (Å²) in [4.78, 5) is 21.1. The summed E-state index contributed by atoms with van der Waals surface area (Å²) in [6, 6.07) is 4.17. The molecule has 0 aliphatic rings. The van der Waals surface area contributed by atoms with Gasteiger partial charge < -0.3 is 9.47 Å². The molecule has 0 fully saturated rings. The molecule has 0 aromatic carbocycles. The Hall–Kier alpha value is -2.29. The Kier molecular flexibility index (Phi) is 6.12. The van der Waals surface area contributed by atoms with Gasteiger partial charge in [-0.15, -0.1) is 0 Å². The fraction of sp³-hybridized carbons (Fsp3) is 0.353. The van der Waals surface area contributed by atoms with Gasteiger partial charge in [0.05, 0.1) is 24.3 Å². The number of hydrogen-bond acceptors (Lipinski definition) is 5. The first kappa shape index (κ1) is 20.0. The maximum absolute atomic E-state index is 14.1. The van der Waals surface area contributed by atoms with Crippen molar-refractivity contribution in [1.29, 1.82) is 0 Å². The highest BCUT2D eigenvalue weighted by Crippen LogP contribution is 2.24. The van der Waals surface area contributed by atoms with Crippen LogP contribution in [-0.2, 0) is 11.3 Å².